The van der Waals surface area contributed by atoms with E-state index in [4.69, 9.17) is 22.1 Å². The number of morpholine rings is 1. The quantitative estimate of drug-likeness (QED) is 0.809. The molecule has 1 aliphatic rings. The fraction of sp³-hybridized carbons (Fsp3) is 0.500. The Morgan fingerprint density at radius 1 is 1.53 bits per heavy atom. The largest absolute Gasteiger partial charge is 0.399 e. The topological polar surface area (TPSA) is 80.5 Å². The molecule has 1 aromatic rings. The van der Waals surface area contributed by atoms with Crippen molar-refractivity contribution in [1.82, 2.24) is 9.88 Å². The van der Waals surface area contributed by atoms with Gasteiger partial charge in [0.05, 0.1) is 13.2 Å². The van der Waals surface area contributed by atoms with Gasteiger partial charge in [-0.3, -0.25) is 4.79 Å². The van der Waals surface area contributed by atoms with Gasteiger partial charge in [0, 0.05) is 24.8 Å². The van der Waals surface area contributed by atoms with Gasteiger partial charge in [0.25, 0.3) is 0 Å². The van der Waals surface area contributed by atoms with E-state index in [1.807, 2.05) is 0 Å². The van der Waals surface area contributed by atoms with Gasteiger partial charge in [0.2, 0.25) is 5.91 Å². The Morgan fingerprint density at radius 2 is 2.21 bits per heavy atom. The number of hydrogen-bond donors (Lipinski definition) is 2. The van der Waals surface area contributed by atoms with Crippen LogP contribution in [0.15, 0.2) is 12.1 Å². The third-order valence-electron chi connectivity index (χ3n) is 2.87. The van der Waals surface area contributed by atoms with Crippen LogP contribution in [0.4, 0.5) is 11.5 Å². The van der Waals surface area contributed by atoms with E-state index >= 15 is 0 Å². The van der Waals surface area contributed by atoms with E-state index in [0.29, 0.717) is 43.0 Å². The van der Waals surface area contributed by atoms with Crippen molar-refractivity contribution < 1.29 is 9.53 Å². The van der Waals surface area contributed by atoms with Gasteiger partial charge in [-0.05, 0) is 13.0 Å². The minimum absolute atomic E-state index is 0.0173. The minimum Gasteiger partial charge on any atom is -0.399 e. The van der Waals surface area contributed by atoms with Crippen LogP contribution < -0.4 is 11.1 Å². The first kappa shape index (κ1) is 13.9. The molecule has 2 rings (SSSR count). The van der Waals surface area contributed by atoms with E-state index in [1.54, 1.807) is 24.0 Å². The Kier molecular flexibility index (Phi) is 4.44. The number of halogens is 1. The summed E-state index contributed by atoms with van der Waals surface area (Å²) in [5, 5.41) is 3.31. The highest BCUT2D eigenvalue weighted by Gasteiger charge is 2.22. The zero-order valence-corrected chi connectivity index (χ0v) is 11.5. The van der Waals surface area contributed by atoms with E-state index in [2.05, 4.69) is 10.3 Å². The van der Waals surface area contributed by atoms with Gasteiger partial charge in [0.15, 0.2) is 0 Å². The summed E-state index contributed by atoms with van der Waals surface area (Å²) in [6.45, 7) is 4.20. The molecule has 104 valence electrons. The van der Waals surface area contributed by atoms with Crippen LogP contribution in [0.3, 0.4) is 0 Å². The molecule has 1 aromatic heterocycles. The molecule has 0 spiro atoms. The summed E-state index contributed by atoms with van der Waals surface area (Å²) < 4.78 is 5.22. The number of nitrogens with one attached hydrogen (secondary N) is 1. The minimum atomic E-state index is -0.386. The lowest BCUT2D eigenvalue weighted by Crippen LogP contribution is -2.47. The number of carbonyl (C=O) groups excluding carboxylic acids is 1. The van der Waals surface area contributed by atoms with Crippen LogP contribution in [0.1, 0.15) is 6.92 Å². The average Bonchev–Trinajstić information content (AvgIpc) is 2.37. The van der Waals surface area contributed by atoms with Crippen molar-refractivity contribution in [2.75, 3.05) is 37.4 Å². The van der Waals surface area contributed by atoms with Gasteiger partial charge < -0.3 is 20.7 Å². The first-order valence-electron chi connectivity index (χ1n) is 6.12. The maximum atomic E-state index is 12.2. The standard InChI is InChI=1S/C12H17ClN4O2/c1-8(12(18)17-2-4-19-5-3-17)15-11-7-9(14)6-10(13)16-11/h6-8H,2-5H2,1H3,(H3,14,15,16). The molecule has 1 aliphatic heterocycles. The van der Waals surface area contributed by atoms with Crippen LogP contribution in [0.5, 0.6) is 0 Å². The molecule has 1 saturated heterocycles. The van der Waals surface area contributed by atoms with E-state index in [1.165, 1.54) is 0 Å². The fourth-order valence-corrected chi connectivity index (χ4v) is 2.15. The highest BCUT2D eigenvalue weighted by Crippen LogP contribution is 2.17. The second kappa shape index (κ2) is 6.08. The molecule has 1 fully saturated rings. The van der Waals surface area contributed by atoms with E-state index in [-0.39, 0.29) is 11.9 Å². The SMILES string of the molecule is CC(Nc1cc(N)cc(Cl)n1)C(=O)N1CCOCC1. The molecule has 2 heterocycles. The molecule has 3 N–H and O–H groups in total. The van der Waals surface area contributed by atoms with Crippen molar-refractivity contribution in [3.05, 3.63) is 17.3 Å². The molecule has 6 nitrogen and oxygen atoms in total. The Morgan fingerprint density at radius 3 is 2.84 bits per heavy atom. The van der Waals surface area contributed by atoms with Crippen molar-refractivity contribution in [1.29, 1.82) is 0 Å². The third-order valence-corrected chi connectivity index (χ3v) is 3.07. The number of carbonyl (C=O) groups is 1. The number of nitrogen functional groups attached to an aromatic ring is 1. The van der Waals surface area contributed by atoms with Crippen molar-refractivity contribution in [3.8, 4) is 0 Å². The number of ether oxygens (including phenoxy) is 1. The van der Waals surface area contributed by atoms with E-state index in [0.717, 1.165) is 0 Å². The predicted molar refractivity (Wildman–Crippen MR) is 74.1 cm³/mol. The van der Waals surface area contributed by atoms with Crippen LogP contribution in [0.2, 0.25) is 5.15 Å². The second-order valence-electron chi connectivity index (χ2n) is 4.41. The summed E-state index contributed by atoms with van der Waals surface area (Å²) in [5.74, 6) is 0.516. The molecule has 0 bridgehead atoms. The smallest absolute Gasteiger partial charge is 0.244 e. The van der Waals surface area contributed by atoms with Gasteiger partial charge in [-0.25, -0.2) is 4.98 Å². The lowest BCUT2D eigenvalue weighted by atomic mass is 10.2. The predicted octanol–water partition coefficient (Wildman–Crippen LogP) is 0.976. The summed E-state index contributed by atoms with van der Waals surface area (Å²) in [6.07, 6.45) is 0. The van der Waals surface area contributed by atoms with Crippen LogP contribution in [0, 0.1) is 0 Å². The van der Waals surface area contributed by atoms with E-state index < -0.39 is 0 Å². The Hall–Kier alpha value is -1.53. The number of hydrogen-bond acceptors (Lipinski definition) is 5. The summed E-state index contributed by atoms with van der Waals surface area (Å²) in [6, 6.07) is 2.82. The van der Waals surface area contributed by atoms with Crippen LogP contribution in [-0.2, 0) is 9.53 Å². The average molecular weight is 285 g/mol. The summed E-state index contributed by atoms with van der Waals surface area (Å²) in [7, 11) is 0. The molecular formula is C12H17ClN4O2. The number of anilines is 2. The van der Waals surface area contributed by atoms with Crippen LogP contribution in [-0.4, -0.2) is 48.1 Å². The van der Waals surface area contributed by atoms with Crippen molar-refractivity contribution in [3.63, 3.8) is 0 Å². The normalized spacial score (nSPS) is 17.1. The van der Waals surface area contributed by atoms with Crippen LogP contribution in [0.25, 0.3) is 0 Å². The molecule has 1 unspecified atom stereocenters. The molecule has 0 radical (unpaired) electrons. The summed E-state index contributed by atoms with van der Waals surface area (Å²) in [5.41, 5.74) is 6.19. The Bertz CT molecular complexity index is 443. The first-order chi connectivity index (χ1) is 9.06. The number of pyridine rings is 1. The number of amides is 1. The molecule has 0 saturated carbocycles. The van der Waals surface area contributed by atoms with Crippen molar-refractivity contribution >= 4 is 29.0 Å². The lowest BCUT2D eigenvalue weighted by Gasteiger charge is -2.29. The van der Waals surface area contributed by atoms with Gasteiger partial charge in [0.1, 0.15) is 17.0 Å². The van der Waals surface area contributed by atoms with Gasteiger partial charge in [-0.15, -0.1) is 0 Å². The Balaban J connectivity index is 1.99. The zero-order chi connectivity index (χ0) is 13.8. The van der Waals surface area contributed by atoms with Crippen LogP contribution >= 0.6 is 11.6 Å². The van der Waals surface area contributed by atoms with Gasteiger partial charge >= 0.3 is 0 Å². The maximum Gasteiger partial charge on any atom is 0.244 e. The molecule has 0 aromatic carbocycles. The van der Waals surface area contributed by atoms with Gasteiger partial charge in [-0.2, -0.15) is 0 Å². The monoisotopic (exact) mass is 284 g/mol. The lowest BCUT2D eigenvalue weighted by molar-refractivity contribution is -0.135. The first-order valence-corrected chi connectivity index (χ1v) is 6.50. The maximum absolute atomic E-state index is 12.2. The molecule has 19 heavy (non-hydrogen) atoms. The molecule has 1 amide bonds. The van der Waals surface area contributed by atoms with E-state index in [9.17, 15) is 4.79 Å². The second-order valence-corrected chi connectivity index (χ2v) is 4.80. The number of nitrogens with zero attached hydrogens (tertiary/aromatic N) is 2. The summed E-state index contributed by atoms with van der Waals surface area (Å²) in [4.78, 5) is 18.0. The summed E-state index contributed by atoms with van der Waals surface area (Å²) >= 11 is 5.82. The number of rotatable bonds is 3. The molecule has 0 aliphatic carbocycles. The Labute approximate surface area is 116 Å². The highest BCUT2D eigenvalue weighted by molar-refractivity contribution is 6.29. The van der Waals surface area contributed by atoms with Crippen molar-refractivity contribution in [2.24, 2.45) is 0 Å². The van der Waals surface area contributed by atoms with Gasteiger partial charge in [-0.1, -0.05) is 11.6 Å². The third kappa shape index (κ3) is 3.71. The fourth-order valence-electron chi connectivity index (χ4n) is 1.93. The molecule has 1 atom stereocenters. The highest BCUT2D eigenvalue weighted by atomic mass is 35.5. The number of nitrogens with two attached hydrogens (primary N) is 1. The molecular weight excluding hydrogens is 268 g/mol. The van der Waals surface area contributed by atoms with Crippen molar-refractivity contribution in [2.45, 2.75) is 13.0 Å². The number of aromatic nitrogens is 1. The zero-order valence-electron chi connectivity index (χ0n) is 10.7. The molecule has 7 heteroatoms.